The second kappa shape index (κ2) is 3.50. The second-order valence-electron chi connectivity index (χ2n) is 4.35. The molecule has 0 saturated heterocycles. The van der Waals surface area contributed by atoms with E-state index >= 15 is 0 Å². The Hall–Kier alpha value is -2.48. The monoisotopic (exact) mass is 230 g/mol. The fourth-order valence-corrected chi connectivity index (χ4v) is 2.46. The summed E-state index contributed by atoms with van der Waals surface area (Å²) >= 11 is 0. The summed E-state index contributed by atoms with van der Waals surface area (Å²) in [5.41, 5.74) is 4.22. The van der Waals surface area contributed by atoms with Crippen LogP contribution in [-0.4, -0.2) is 9.97 Å². The summed E-state index contributed by atoms with van der Waals surface area (Å²) in [6.45, 7) is 0. The molecular weight excluding hydrogens is 220 g/mol. The van der Waals surface area contributed by atoms with Gasteiger partial charge in [-0.05, 0) is 18.2 Å². The van der Waals surface area contributed by atoms with Gasteiger partial charge in [0.25, 0.3) is 0 Å². The standard InChI is InChI=1S/C16H10N2/c1-4-8-15-11(5-1)12-9-10-17-14-7-3-2-6-13(14)16(12)18-15/h1-10H. The van der Waals surface area contributed by atoms with E-state index in [0.29, 0.717) is 0 Å². The van der Waals surface area contributed by atoms with Crippen LogP contribution in [0.15, 0.2) is 60.8 Å². The zero-order valence-electron chi connectivity index (χ0n) is 9.67. The number of para-hydroxylation sites is 2. The van der Waals surface area contributed by atoms with Crippen molar-refractivity contribution in [3.63, 3.8) is 0 Å². The van der Waals surface area contributed by atoms with Gasteiger partial charge in [0.15, 0.2) is 0 Å². The molecule has 0 atom stereocenters. The maximum absolute atomic E-state index is 4.74. The number of nitrogens with zero attached hydrogens (tertiary/aromatic N) is 2. The third kappa shape index (κ3) is 1.23. The Labute approximate surface area is 104 Å². The summed E-state index contributed by atoms with van der Waals surface area (Å²) in [6, 6.07) is 18.4. The molecule has 0 bridgehead atoms. The number of hydrogen-bond acceptors (Lipinski definition) is 2. The van der Waals surface area contributed by atoms with Crippen LogP contribution in [0.5, 0.6) is 0 Å². The Morgan fingerprint density at radius 3 is 2.28 bits per heavy atom. The van der Waals surface area contributed by atoms with Crippen LogP contribution in [0.3, 0.4) is 0 Å². The van der Waals surface area contributed by atoms with E-state index in [1.54, 1.807) is 0 Å². The van der Waals surface area contributed by atoms with E-state index in [1.807, 2.05) is 42.6 Å². The first kappa shape index (κ1) is 9.54. The molecular formula is C16H10N2. The van der Waals surface area contributed by atoms with Gasteiger partial charge in [-0.25, -0.2) is 4.98 Å². The predicted octanol–water partition coefficient (Wildman–Crippen LogP) is 3.89. The van der Waals surface area contributed by atoms with Gasteiger partial charge in [0.05, 0.1) is 16.7 Å². The highest BCUT2D eigenvalue weighted by atomic mass is 14.7. The Kier molecular flexibility index (Phi) is 1.86. The third-order valence-corrected chi connectivity index (χ3v) is 3.30. The van der Waals surface area contributed by atoms with E-state index in [4.69, 9.17) is 4.98 Å². The number of rotatable bonds is 0. The number of benzene rings is 2. The van der Waals surface area contributed by atoms with Crippen molar-refractivity contribution in [3.05, 3.63) is 60.8 Å². The van der Waals surface area contributed by atoms with Crippen LogP contribution >= 0.6 is 0 Å². The molecule has 0 saturated carbocycles. The lowest BCUT2D eigenvalue weighted by Crippen LogP contribution is -1.75. The van der Waals surface area contributed by atoms with Crippen LogP contribution in [0.25, 0.3) is 33.1 Å². The maximum Gasteiger partial charge on any atom is 0.0810 e. The summed E-state index contributed by atoms with van der Waals surface area (Å²) in [5.74, 6) is 0. The second-order valence-corrected chi connectivity index (χ2v) is 4.35. The van der Waals surface area contributed by atoms with Crippen LogP contribution in [0.1, 0.15) is 0 Å². The maximum atomic E-state index is 4.74. The quantitative estimate of drug-likeness (QED) is 0.458. The molecule has 2 heterocycles. The van der Waals surface area contributed by atoms with Crippen molar-refractivity contribution < 1.29 is 0 Å². The SMILES string of the molecule is c1ccc2c3ccnc4ccccc4c-3nc2c1. The number of aromatic nitrogens is 2. The first-order valence-corrected chi connectivity index (χ1v) is 5.96. The molecule has 0 spiro atoms. The van der Waals surface area contributed by atoms with E-state index in [-0.39, 0.29) is 0 Å². The molecule has 0 aromatic heterocycles. The zero-order valence-corrected chi connectivity index (χ0v) is 9.67. The molecule has 2 aromatic carbocycles. The van der Waals surface area contributed by atoms with Gasteiger partial charge in [0, 0.05) is 22.5 Å². The third-order valence-electron chi connectivity index (χ3n) is 3.30. The van der Waals surface area contributed by atoms with Gasteiger partial charge in [-0.1, -0.05) is 36.4 Å². The van der Waals surface area contributed by atoms with Crippen molar-refractivity contribution in [1.29, 1.82) is 0 Å². The lowest BCUT2D eigenvalue weighted by atomic mass is 10.1. The molecule has 84 valence electrons. The summed E-state index contributed by atoms with van der Waals surface area (Å²) < 4.78 is 0. The van der Waals surface area contributed by atoms with Gasteiger partial charge in [0.2, 0.25) is 0 Å². The Bertz CT molecular complexity index is 836. The first-order chi connectivity index (χ1) is 8.93. The molecule has 0 unspecified atom stereocenters. The van der Waals surface area contributed by atoms with Crippen molar-refractivity contribution in [1.82, 2.24) is 9.97 Å². The van der Waals surface area contributed by atoms with Crippen LogP contribution in [0, 0.1) is 0 Å². The summed E-state index contributed by atoms with van der Waals surface area (Å²) in [5, 5.41) is 2.30. The van der Waals surface area contributed by atoms with Crippen molar-refractivity contribution >= 4 is 21.8 Å². The molecule has 2 nitrogen and oxygen atoms in total. The minimum atomic E-state index is 0.982. The summed E-state index contributed by atoms with van der Waals surface area (Å²) in [6.07, 6.45) is 1.86. The van der Waals surface area contributed by atoms with Gasteiger partial charge in [-0.15, -0.1) is 0 Å². The van der Waals surface area contributed by atoms with Gasteiger partial charge in [-0.2, -0.15) is 0 Å². The van der Waals surface area contributed by atoms with Gasteiger partial charge >= 0.3 is 0 Å². The molecule has 2 aliphatic rings. The highest BCUT2D eigenvalue weighted by Gasteiger charge is 2.12. The Balaban J connectivity index is 2.28. The highest BCUT2D eigenvalue weighted by Crippen LogP contribution is 2.34. The van der Waals surface area contributed by atoms with Crippen molar-refractivity contribution in [3.8, 4) is 11.3 Å². The average molecular weight is 230 g/mol. The van der Waals surface area contributed by atoms with Crippen LogP contribution < -0.4 is 0 Å². The largest absolute Gasteiger partial charge is 0.256 e. The van der Waals surface area contributed by atoms with E-state index in [2.05, 4.69) is 23.2 Å². The molecule has 0 aliphatic carbocycles. The fraction of sp³-hybridized carbons (Fsp3) is 0. The summed E-state index contributed by atoms with van der Waals surface area (Å²) in [4.78, 5) is 9.20. The Morgan fingerprint density at radius 2 is 1.39 bits per heavy atom. The molecule has 0 amide bonds. The first-order valence-electron chi connectivity index (χ1n) is 5.96. The average Bonchev–Trinajstić information content (AvgIpc) is 2.69. The van der Waals surface area contributed by atoms with E-state index in [9.17, 15) is 0 Å². The van der Waals surface area contributed by atoms with Crippen LogP contribution in [-0.2, 0) is 0 Å². The molecule has 4 rings (SSSR count). The van der Waals surface area contributed by atoms with Gasteiger partial charge in [0.1, 0.15) is 0 Å². The normalized spacial score (nSPS) is 11.3. The minimum absolute atomic E-state index is 0.982. The summed E-state index contributed by atoms with van der Waals surface area (Å²) in [7, 11) is 0. The lowest BCUT2D eigenvalue weighted by molar-refractivity contribution is 1.44. The van der Waals surface area contributed by atoms with Crippen molar-refractivity contribution in [2.45, 2.75) is 0 Å². The van der Waals surface area contributed by atoms with Gasteiger partial charge in [-0.3, -0.25) is 4.98 Å². The highest BCUT2D eigenvalue weighted by molar-refractivity contribution is 6.05. The van der Waals surface area contributed by atoms with Crippen molar-refractivity contribution in [2.75, 3.05) is 0 Å². The van der Waals surface area contributed by atoms with Gasteiger partial charge < -0.3 is 0 Å². The molecule has 0 fully saturated rings. The van der Waals surface area contributed by atoms with Crippen LogP contribution in [0.4, 0.5) is 0 Å². The van der Waals surface area contributed by atoms with E-state index < -0.39 is 0 Å². The van der Waals surface area contributed by atoms with Crippen molar-refractivity contribution in [2.24, 2.45) is 0 Å². The molecule has 2 aromatic rings. The Morgan fingerprint density at radius 1 is 0.667 bits per heavy atom. The number of fused-ring (bicyclic) bond motifs is 5. The van der Waals surface area contributed by atoms with Crippen LogP contribution in [0.2, 0.25) is 0 Å². The zero-order chi connectivity index (χ0) is 11.9. The molecule has 0 N–H and O–H groups in total. The topological polar surface area (TPSA) is 25.8 Å². The minimum Gasteiger partial charge on any atom is -0.256 e. The van der Waals surface area contributed by atoms with E-state index in [0.717, 1.165) is 22.1 Å². The lowest BCUT2D eigenvalue weighted by Gasteiger charge is -1.95. The molecule has 0 radical (unpaired) electrons. The van der Waals surface area contributed by atoms with E-state index in [1.165, 1.54) is 10.9 Å². The molecule has 18 heavy (non-hydrogen) atoms. The smallest absolute Gasteiger partial charge is 0.0810 e. The fourth-order valence-electron chi connectivity index (χ4n) is 2.46. The predicted molar refractivity (Wildman–Crippen MR) is 73.7 cm³/mol. The number of hydrogen-bond donors (Lipinski definition) is 0. The molecule has 2 heteroatoms. The molecule has 2 aliphatic heterocycles.